The number of carbonyl (C=O) groups excluding carboxylic acids is 2. The van der Waals surface area contributed by atoms with Crippen molar-refractivity contribution in [1.29, 1.82) is 0 Å². The van der Waals surface area contributed by atoms with Crippen LogP contribution in [0.2, 0.25) is 0 Å². The molecule has 4 aromatic carbocycles. The Morgan fingerprint density at radius 1 is 0.274 bits per heavy atom. The maximum atomic E-state index is 15.7. The van der Waals surface area contributed by atoms with Crippen molar-refractivity contribution in [1.82, 2.24) is 0 Å². The average molecular weight is 944 g/mol. The Morgan fingerprint density at radius 2 is 0.500 bits per heavy atom. The number of alkyl halides is 26. The van der Waals surface area contributed by atoms with Crippen molar-refractivity contribution >= 4 is 33.1 Å². The highest BCUT2D eigenvalue weighted by Crippen LogP contribution is 2.66. The summed E-state index contributed by atoms with van der Waals surface area (Å²) in [6.07, 6.45) is -16.2. The topological polar surface area (TPSA) is 34.1 Å². The predicted octanol–water partition coefficient (Wildman–Crippen LogP) is 13.2. The lowest BCUT2D eigenvalue weighted by Crippen LogP contribution is -2.70. The van der Waals surface area contributed by atoms with Crippen molar-refractivity contribution < 1.29 is 124 Å². The van der Waals surface area contributed by atoms with E-state index in [1.807, 2.05) is 0 Å². The summed E-state index contributed by atoms with van der Waals surface area (Å²) in [5.41, 5.74) is -12.3. The molecule has 4 aromatic rings. The highest BCUT2D eigenvalue weighted by Gasteiger charge is 2.93. The fraction of sp³-hybridized carbons (Fsp3) is 0.353. The van der Waals surface area contributed by atoms with Gasteiger partial charge in [-0.1, -0.05) is 24.3 Å². The molecule has 0 heterocycles. The summed E-state index contributed by atoms with van der Waals surface area (Å²) in [4.78, 5) is 26.9. The molecule has 0 atom stereocenters. The number of rotatable bonds is 10. The Balaban J connectivity index is 1.88. The molecular weight excluding hydrogens is 934 g/mol. The van der Waals surface area contributed by atoms with E-state index in [-0.39, 0.29) is 22.9 Å². The molecule has 0 radical (unpaired) electrons. The van der Waals surface area contributed by atoms with E-state index < -0.39 is 139 Å². The number of benzene rings is 4. The third-order valence-electron chi connectivity index (χ3n) is 9.52. The van der Waals surface area contributed by atoms with Crippen LogP contribution in [0.4, 0.5) is 114 Å². The van der Waals surface area contributed by atoms with Crippen LogP contribution in [0.1, 0.15) is 43.0 Å². The summed E-state index contributed by atoms with van der Waals surface area (Å²) >= 11 is 0. The molecule has 0 spiro atoms. The molecule has 340 valence electrons. The van der Waals surface area contributed by atoms with Crippen molar-refractivity contribution in [3.8, 4) is 0 Å². The van der Waals surface area contributed by atoms with Crippen molar-refractivity contribution in [2.45, 2.75) is 71.6 Å². The number of hydrogen-bond acceptors (Lipinski definition) is 2. The molecule has 0 amide bonds. The molecule has 0 bridgehead atoms. The first-order valence-corrected chi connectivity index (χ1v) is 15.6. The zero-order chi connectivity index (χ0) is 48.0. The van der Waals surface area contributed by atoms with E-state index in [4.69, 9.17) is 0 Å². The van der Waals surface area contributed by atoms with Crippen molar-refractivity contribution in [2.24, 2.45) is 0 Å². The van der Waals surface area contributed by atoms with Crippen LogP contribution >= 0.6 is 0 Å². The Kier molecular flexibility index (Phi) is 10.2. The maximum Gasteiger partial charge on any atom is 0.460 e. The van der Waals surface area contributed by atoms with Gasteiger partial charge in [0.2, 0.25) is 0 Å². The number of hydrogen-bond donors (Lipinski definition) is 0. The Morgan fingerprint density at radius 3 is 0.742 bits per heavy atom. The van der Waals surface area contributed by atoms with Gasteiger partial charge in [-0.3, -0.25) is 9.59 Å². The molecule has 0 aromatic heterocycles. The molecule has 28 heteroatoms. The predicted molar refractivity (Wildman–Crippen MR) is 154 cm³/mol. The quantitative estimate of drug-likeness (QED) is 0.131. The van der Waals surface area contributed by atoms with Gasteiger partial charge in [-0.05, 0) is 57.9 Å². The van der Waals surface area contributed by atoms with Crippen LogP contribution in [0.15, 0.2) is 60.7 Å². The third-order valence-corrected chi connectivity index (χ3v) is 9.52. The summed E-state index contributed by atoms with van der Waals surface area (Å²) in [6.45, 7) is 0. The number of carbonyl (C=O) groups is 2. The number of ketones is 2. The zero-order valence-corrected chi connectivity index (χ0v) is 28.4. The van der Waals surface area contributed by atoms with E-state index in [0.29, 0.717) is 0 Å². The second-order valence-electron chi connectivity index (χ2n) is 13.3. The lowest BCUT2D eigenvalue weighted by atomic mass is 9.79. The molecule has 1 aliphatic carbocycles. The minimum atomic E-state index is -8.97. The standard InChI is InChI=1S/C34H10F26O2/c35-23(36,25(39,40)27(43,44)29(47,48)31(51,52)33(55,56)57)19-9-13-7-17-18(22(62)16-6-12-4-2-1-3-11(12)5-15(16)21(17)61)8-14(13)10-20(19)24(37,38)26(41,42)28(45,46)30(49,50)32(53,54)34(58,59)60/h1-10H. The van der Waals surface area contributed by atoms with Crippen LogP contribution in [0.3, 0.4) is 0 Å². The minimum Gasteiger partial charge on any atom is -0.289 e. The van der Waals surface area contributed by atoms with Gasteiger partial charge in [0.1, 0.15) is 0 Å². The van der Waals surface area contributed by atoms with Crippen molar-refractivity contribution in [2.75, 3.05) is 0 Å². The lowest BCUT2D eigenvalue weighted by Gasteiger charge is -2.42. The zero-order valence-electron chi connectivity index (χ0n) is 28.4. The Labute approximate surface area is 323 Å². The highest BCUT2D eigenvalue weighted by molar-refractivity contribution is 6.30. The van der Waals surface area contributed by atoms with Crippen molar-refractivity contribution in [3.05, 3.63) is 94.0 Å². The molecule has 1 aliphatic rings. The van der Waals surface area contributed by atoms with Crippen LogP contribution in [0, 0.1) is 0 Å². The SMILES string of the molecule is O=C1c2cc3ccccc3cc2C(=O)c2cc3cc(C(F)(F)C(F)(F)C(F)(F)C(F)(F)C(F)(F)C(F)(F)F)c(C(F)(F)C(F)(F)C(F)(F)C(F)(F)C(F)(F)C(F)(F)F)cc3cc21. The van der Waals surface area contributed by atoms with Gasteiger partial charge in [0.05, 0.1) is 0 Å². The largest absolute Gasteiger partial charge is 0.460 e. The van der Waals surface area contributed by atoms with Gasteiger partial charge in [-0.2, -0.15) is 114 Å². The fourth-order valence-electron chi connectivity index (χ4n) is 6.03. The highest BCUT2D eigenvalue weighted by atomic mass is 19.4. The van der Waals surface area contributed by atoms with Crippen LogP contribution in [-0.2, 0) is 11.8 Å². The second-order valence-corrected chi connectivity index (χ2v) is 13.3. The van der Waals surface area contributed by atoms with E-state index in [9.17, 15) is 88.6 Å². The van der Waals surface area contributed by atoms with Gasteiger partial charge in [-0.15, -0.1) is 0 Å². The molecule has 5 rings (SSSR count). The number of halogens is 26. The monoisotopic (exact) mass is 944 g/mol. The minimum absolute atomic E-state index is 0.0714. The molecule has 2 nitrogen and oxygen atoms in total. The lowest BCUT2D eigenvalue weighted by molar-refractivity contribution is -0.444. The van der Waals surface area contributed by atoms with Crippen LogP contribution in [0.25, 0.3) is 21.5 Å². The maximum absolute atomic E-state index is 15.7. The fourth-order valence-corrected chi connectivity index (χ4v) is 6.03. The summed E-state index contributed by atoms with van der Waals surface area (Å²) in [5.74, 6) is -89.6. The second kappa shape index (κ2) is 13.2. The molecule has 0 saturated carbocycles. The van der Waals surface area contributed by atoms with Crippen molar-refractivity contribution in [3.63, 3.8) is 0 Å². The summed E-state index contributed by atoms with van der Waals surface area (Å²) in [5, 5.41) is -3.20. The van der Waals surface area contributed by atoms with Gasteiger partial charge in [-0.25, -0.2) is 0 Å². The third kappa shape index (κ3) is 5.94. The van der Waals surface area contributed by atoms with E-state index >= 15 is 35.1 Å². The first-order chi connectivity index (χ1) is 27.4. The van der Waals surface area contributed by atoms with Crippen LogP contribution in [0.5, 0.6) is 0 Å². The summed E-state index contributed by atoms with van der Waals surface area (Å²) in [6, 6.07) is 4.38. The smallest absolute Gasteiger partial charge is 0.289 e. The van der Waals surface area contributed by atoms with Gasteiger partial charge in [0, 0.05) is 33.4 Å². The molecule has 62 heavy (non-hydrogen) atoms. The van der Waals surface area contributed by atoms with Gasteiger partial charge < -0.3 is 0 Å². The van der Waals surface area contributed by atoms with Gasteiger partial charge in [0.25, 0.3) is 0 Å². The van der Waals surface area contributed by atoms with E-state index in [1.165, 1.54) is 24.3 Å². The molecular formula is C34H10F26O2. The Hall–Kier alpha value is -5.08. The van der Waals surface area contributed by atoms with E-state index in [2.05, 4.69) is 0 Å². The van der Waals surface area contributed by atoms with Crippen LogP contribution in [-0.4, -0.2) is 71.3 Å². The van der Waals surface area contributed by atoms with E-state index in [0.717, 1.165) is 12.1 Å². The molecule has 0 N–H and O–H groups in total. The van der Waals surface area contributed by atoms with Gasteiger partial charge >= 0.3 is 71.6 Å². The molecule has 0 unspecified atom stereocenters. The van der Waals surface area contributed by atoms with Gasteiger partial charge in [0.15, 0.2) is 11.6 Å². The molecule has 0 saturated heterocycles. The van der Waals surface area contributed by atoms with Crippen LogP contribution < -0.4 is 0 Å². The average Bonchev–Trinajstić information content (AvgIpc) is 3.13. The first-order valence-electron chi connectivity index (χ1n) is 15.6. The molecule has 0 aliphatic heterocycles. The Bertz CT molecular complexity index is 2340. The summed E-state index contributed by atoms with van der Waals surface area (Å²) < 4.78 is 367. The first kappa shape index (κ1) is 48.0. The number of fused-ring (bicyclic) bond motifs is 4. The molecule has 0 fully saturated rings. The summed E-state index contributed by atoms with van der Waals surface area (Å²) in [7, 11) is 0. The van der Waals surface area contributed by atoms with E-state index in [1.54, 1.807) is 0 Å². The normalized spacial score (nSPS) is 16.0.